The first-order valence-corrected chi connectivity index (χ1v) is 9.73. The van der Waals surface area contributed by atoms with Crippen molar-refractivity contribution < 1.29 is 9.18 Å². The Morgan fingerprint density at radius 3 is 2.50 bits per heavy atom. The molecule has 2 aromatic carbocycles. The molecular formula is C21H16BrFN4O3. The Balaban J connectivity index is 1.83. The minimum atomic E-state index is -0.723. The number of nitrogens with zero attached hydrogens (tertiary/aromatic N) is 2. The summed E-state index contributed by atoms with van der Waals surface area (Å²) >= 11 is 3.38. The lowest BCUT2D eigenvalue weighted by atomic mass is 10.2. The van der Waals surface area contributed by atoms with Crippen molar-refractivity contribution in [3.63, 3.8) is 0 Å². The van der Waals surface area contributed by atoms with E-state index in [9.17, 15) is 18.8 Å². The van der Waals surface area contributed by atoms with Crippen molar-refractivity contribution in [1.29, 1.82) is 0 Å². The molecule has 2 aromatic heterocycles. The molecule has 0 aliphatic heterocycles. The molecule has 30 heavy (non-hydrogen) atoms. The van der Waals surface area contributed by atoms with Gasteiger partial charge in [-0.3, -0.25) is 9.59 Å². The maximum absolute atomic E-state index is 13.2. The summed E-state index contributed by atoms with van der Waals surface area (Å²) in [5.41, 5.74) is 0.806. The Hall–Kier alpha value is -3.46. The van der Waals surface area contributed by atoms with E-state index in [0.717, 1.165) is 26.7 Å². The third kappa shape index (κ3) is 3.37. The van der Waals surface area contributed by atoms with Gasteiger partial charge in [-0.1, -0.05) is 15.9 Å². The van der Waals surface area contributed by atoms with Crippen LogP contribution in [0.4, 0.5) is 10.1 Å². The molecule has 2 heterocycles. The number of nitrogens with one attached hydrogen (secondary N) is 2. The van der Waals surface area contributed by atoms with Gasteiger partial charge in [0.05, 0.1) is 16.8 Å². The SMILES string of the molecule is Cc1cc(Br)ccc1NC(=O)c1cn(C)c2c(=O)n(-c3ccc(F)cc3)c(=O)[nH]c12. The van der Waals surface area contributed by atoms with E-state index in [1.54, 1.807) is 19.2 Å². The highest BCUT2D eigenvalue weighted by molar-refractivity contribution is 9.10. The van der Waals surface area contributed by atoms with Crippen LogP contribution in [0.1, 0.15) is 15.9 Å². The summed E-state index contributed by atoms with van der Waals surface area (Å²) in [6.45, 7) is 1.85. The van der Waals surface area contributed by atoms with Gasteiger partial charge in [0.25, 0.3) is 11.5 Å². The second-order valence-corrected chi connectivity index (χ2v) is 7.75. The lowest BCUT2D eigenvalue weighted by Crippen LogP contribution is -2.34. The highest BCUT2D eigenvalue weighted by Crippen LogP contribution is 2.22. The van der Waals surface area contributed by atoms with Crippen molar-refractivity contribution in [3.8, 4) is 5.69 Å². The lowest BCUT2D eigenvalue weighted by Gasteiger charge is -2.08. The summed E-state index contributed by atoms with van der Waals surface area (Å²) in [5, 5.41) is 2.80. The first-order valence-electron chi connectivity index (χ1n) is 8.94. The number of aromatic nitrogens is 3. The zero-order valence-corrected chi connectivity index (χ0v) is 17.6. The van der Waals surface area contributed by atoms with Gasteiger partial charge in [0, 0.05) is 23.4 Å². The zero-order valence-electron chi connectivity index (χ0n) is 16.0. The number of aromatic amines is 1. The van der Waals surface area contributed by atoms with E-state index in [-0.39, 0.29) is 22.3 Å². The zero-order chi connectivity index (χ0) is 21.6. The number of rotatable bonds is 3. The van der Waals surface area contributed by atoms with Crippen molar-refractivity contribution in [3.05, 3.63) is 90.9 Å². The van der Waals surface area contributed by atoms with Crippen molar-refractivity contribution in [2.45, 2.75) is 6.92 Å². The molecule has 0 radical (unpaired) electrons. The van der Waals surface area contributed by atoms with Gasteiger partial charge in [-0.05, 0) is 55.0 Å². The van der Waals surface area contributed by atoms with Crippen LogP contribution in [0.25, 0.3) is 16.7 Å². The number of hydrogen-bond acceptors (Lipinski definition) is 3. The molecule has 0 unspecified atom stereocenters. The minimum Gasteiger partial charge on any atom is -0.344 e. The standard InChI is InChI=1S/C21H16BrFN4O3/c1-11-9-12(22)3-8-16(11)24-19(28)15-10-26(2)18-17(15)25-21(30)27(20(18)29)14-6-4-13(23)5-7-14/h3-10H,1-2H3,(H,24,28)(H,25,30). The molecule has 1 amide bonds. The molecule has 152 valence electrons. The number of H-pyrrole nitrogens is 1. The molecule has 0 saturated heterocycles. The molecular weight excluding hydrogens is 455 g/mol. The number of benzene rings is 2. The van der Waals surface area contributed by atoms with Crippen LogP contribution in [0.15, 0.2) is 62.7 Å². The predicted molar refractivity (Wildman–Crippen MR) is 116 cm³/mol. The number of hydrogen-bond donors (Lipinski definition) is 2. The van der Waals surface area contributed by atoms with Crippen LogP contribution in [-0.2, 0) is 7.05 Å². The van der Waals surface area contributed by atoms with Gasteiger partial charge in [-0.15, -0.1) is 0 Å². The molecule has 0 atom stereocenters. The number of carbonyl (C=O) groups excluding carboxylic acids is 1. The van der Waals surface area contributed by atoms with Crippen LogP contribution < -0.4 is 16.6 Å². The Kier molecular flexibility index (Phi) is 4.90. The molecule has 4 rings (SSSR count). The fourth-order valence-corrected chi connectivity index (χ4v) is 3.80. The molecule has 9 heteroatoms. The molecule has 0 spiro atoms. The summed E-state index contributed by atoms with van der Waals surface area (Å²) in [4.78, 5) is 41.2. The van der Waals surface area contributed by atoms with E-state index in [1.807, 2.05) is 13.0 Å². The number of aryl methyl sites for hydroxylation is 2. The average molecular weight is 471 g/mol. The van der Waals surface area contributed by atoms with Gasteiger partial charge in [0.1, 0.15) is 11.3 Å². The monoisotopic (exact) mass is 470 g/mol. The maximum atomic E-state index is 13.2. The fourth-order valence-electron chi connectivity index (χ4n) is 3.33. The van der Waals surface area contributed by atoms with Gasteiger partial charge in [0.15, 0.2) is 0 Å². The first kappa shape index (κ1) is 19.8. The van der Waals surface area contributed by atoms with Crippen LogP contribution in [-0.4, -0.2) is 20.0 Å². The van der Waals surface area contributed by atoms with E-state index < -0.39 is 23.0 Å². The Morgan fingerprint density at radius 1 is 1.13 bits per heavy atom. The highest BCUT2D eigenvalue weighted by Gasteiger charge is 2.20. The average Bonchev–Trinajstić information content (AvgIpc) is 3.02. The summed E-state index contributed by atoms with van der Waals surface area (Å²) in [5.74, 6) is -0.939. The van der Waals surface area contributed by atoms with E-state index in [0.29, 0.717) is 5.69 Å². The molecule has 0 aliphatic rings. The summed E-state index contributed by atoms with van der Waals surface area (Å²) in [6.07, 6.45) is 1.49. The second-order valence-electron chi connectivity index (χ2n) is 6.84. The number of anilines is 1. The van der Waals surface area contributed by atoms with Crippen molar-refractivity contribution in [2.24, 2.45) is 7.05 Å². The minimum absolute atomic E-state index is 0.137. The van der Waals surface area contributed by atoms with E-state index in [1.165, 1.54) is 22.9 Å². The van der Waals surface area contributed by atoms with Gasteiger partial charge >= 0.3 is 5.69 Å². The van der Waals surface area contributed by atoms with Crippen LogP contribution in [0.3, 0.4) is 0 Å². The summed E-state index contributed by atoms with van der Waals surface area (Å²) in [7, 11) is 1.61. The third-order valence-electron chi connectivity index (χ3n) is 4.79. The third-order valence-corrected chi connectivity index (χ3v) is 5.28. The molecule has 0 fully saturated rings. The molecule has 7 nitrogen and oxygen atoms in total. The van der Waals surface area contributed by atoms with Crippen LogP contribution in [0, 0.1) is 12.7 Å². The fraction of sp³-hybridized carbons (Fsp3) is 0.0952. The number of fused-ring (bicyclic) bond motifs is 1. The Bertz CT molecular complexity index is 1420. The number of carbonyl (C=O) groups is 1. The smallest absolute Gasteiger partial charge is 0.333 e. The highest BCUT2D eigenvalue weighted by atomic mass is 79.9. The molecule has 4 aromatic rings. The first-order chi connectivity index (χ1) is 14.3. The Labute approximate surface area is 177 Å². The number of halogens is 2. The predicted octanol–water partition coefficient (Wildman–Crippen LogP) is 3.48. The topological polar surface area (TPSA) is 88.9 Å². The van der Waals surface area contributed by atoms with Crippen molar-refractivity contribution in [1.82, 2.24) is 14.1 Å². The molecule has 0 saturated carbocycles. The van der Waals surface area contributed by atoms with Gasteiger partial charge in [-0.25, -0.2) is 13.8 Å². The number of amides is 1. The van der Waals surface area contributed by atoms with Crippen molar-refractivity contribution >= 4 is 38.6 Å². The normalized spacial score (nSPS) is 11.1. The second kappa shape index (κ2) is 7.42. The molecule has 0 bridgehead atoms. The van der Waals surface area contributed by atoms with Crippen molar-refractivity contribution in [2.75, 3.05) is 5.32 Å². The molecule has 0 aliphatic carbocycles. The molecule has 2 N–H and O–H groups in total. The summed E-state index contributed by atoms with van der Waals surface area (Å²) in [6, 6.07) is 10.4. The Morgan fingerprint density at radius 2 is 1.83 bits per heavy atom. The van der Waals surface area contributed by atoms with Gasteiger partial charge in [0.2, 0.25) is 0 Å². The van der Waals surface area contributed by atoms with Gasteiger partial charge in [-0.2, -0.15) is 0 Å². The van der Waals surface area contributed by atoms with Gasteiger partial charge < -0.3 is 14.9 Å². The van der Waals surface area contributed by atoms with Crippen LogP contribution >= 0.6 is 15.9 Å². The lowest BCUT2D eigenvalue weighted by molar-refractivity contribution is 0.102. The van der Waals surface area contributed by atoms with Crippen LogP contribution in [0.2, 0.25) is 0 Å². The van der Waals surface area contributed by atoms with E-state index >= 15 is 0 Å². The quantitative estimate of drug-likeness (QED) is 0.480. The largest absolute Gasteiger partial charge is 0.344 e. The maximum Gasteiger partial charge on any atom is 0.333 e. The van der Waals surface area contributed by atoms with Crippen LogP contribution in [0.5, 0.6) is 0 Å². The summed E-state index contributed by atoms with van der Waals surface area (Å²) < 4.78 is 16.5. The van der Waals surface area contributed by atoms with E-state index in [2.05, 4.69) is 26.2 Å². The van der Waals surface area contributed by atoms with E-state index in [4.69, 9.17) is 0 Å².